The molecular weight excluding hydrogens is 130 g/mol. The van der Waals surface area contributed by atoms with E-state index in [-0.39, 0.29) is 0 Å². The van der Waals surface area contributed by atoms with E-state index in [2.05, 4.69) is 12.6 Å². The van der Waals surface area contributed by atoms with E-state index in [1.807, 2.05) is 0 Å². The molecule has 48 valence electrons. The van der Waals surface area contributed by atoms with Crippen molar-refractivity contribution >= 4 is 12.6 Å². The molecule has 0 aromatic heterocycles. The van der Waals surface area contributed by atoms with Gasteiger partial charge in [0, 0.05) is 6.92 Å². The van der Waals surface area contributed by atoms with Gasteiger partial charge in [0.05, 0.1) is 4.75 Å². The molecule has 0 heterocycles. The van der Waals surface area contributed by atoms with E-state index in [0.717, 1.165) is 6.92 Å². The zero-order valence-electron chi connectivity index (χ0n) is 4.62. The third kappa shape index (κ3) is 0.835. The maximum absolute atomic E-state index is 12.2. The summed E-state index contributed by atoms with van der Waals surface area (Å²) in [7, 11) is 0. The van der Waals surface area contributed by atoms with Crippen LogP contribution in [0.4, 0.5) is 8.78 Å². The molecule has 0 N–H and O–H groups in total. The van der Waals surface area contributed by atoms with E-state index < -0.39 is 10.7 Å². The Morgan fingerprint density at radius 2 is 1.88 bits per heavy atom. The maximum Gasteiger partial charge on any atom is 0.259 e. The fourth-order valence-corrected chi connectivity index (χ4v) is 0.669. The normalized spacial score (nSPS) is 25.5. The first-order chi connectivity index (χ1) is 3.46. The molecule has 0 spiro atoms. The van der Waals surface area contributed by atoms with Crippen molar-refractivity contribution in [2.24, 2.45) is 0 Å². The summed E-state index contributed by atoms with van der Waals surface area (Å²) in [5.74, 6) is -2.59. The second kappa shape index (κ2) is 1.38. The second-order valence-corrected chi connectivity index (χ2v) is 3.28. The van der Waals surface area contributed by atoms with Crippen molar-refractivity contribution in [1.29, 1.82) is 0 Å². The lowest BCUT2D eigenvalue weighted by Crippen LogP contribution is -2.26. The minimum Gasteiger partial charge on any atom is -0.206 e. The van der Waals surface area contributed by atoms with Crippen molar-refractivity contribution in [1.82, 2.24) is 0 Å². The predicted molar refractivity (Wildman–Crippen MR) is 31.6 cm³/mol. The van der Waals surface area contributed by atoms with Crippen molar-refractivity contribution in [2.75, 3.05) is 0 Å². The van der Waals surface area contributed by atoms with Gasteiger partial charge in [-0.1, -0.05) is 0 Å². The smallest absolute Gasteiger partial charge is 0.206 e. The maximum atomic E-state index is 12.2. The third-order valence-electron chi connectivity index (χ3n) is 1.54. The molecule has 1 rings (SSSR count). The Bertz CT molecular complexity index is 98.2. The SMILES string of the molecule is CC(F)(F)C1(S)CC1. The van der Waals surface area contributed by atoms with E-state index >= 15 is 0 Å². The second-order valence-electron chi connectivity index (χ2n) is 2.42. The molecule has 0 atom stereocenters. The zero-order chi connectivity index (χ0) is 6.41. The topological polar surface area (TPSA) is 0 Å². The lowest BCUT2D eigenvalue weighted by Gasteiger charge is -2.15. The number of hydrogen-bond donors (Lipinski definition) is 1. The lowest BCUT2D eigenvalue weighted by atomic mass is 10.2. The van der Waals surface area contributed by atoms with Crippen LogP contribution in [0, 0.1) is 0 Å². The molecule has 1 fully saturated rings. The molecule has 0 saturated heterocycles. The van der Waals surface area contributed by atoms with Gasteiger partial charge in [-0.15, -0.1) is 0 Å². The molecule has 0 radical (unpaired) electrons. The zero-order valence-corrected chi connectivity index (χ0v) is 5.51. The van der Waals surface area contributed by atoms with Crippen LogP contribution >= 0.6 is 12.6 Å². The van der Waals surface area contributed by atoms with Crippen LogP contribution in [0.25, 0.3) is 0 Å². The van der Waals surface area contributed by atoms with Crippen LogP contribution in [0.15, 0.2) is 0 Å². The van der Waals surface area contributed by atoms with E-state index in [9.17, 15) is 8.78 Å². The average molecular weight is 138 g/mol. The highest BCUT2D eigenvalue weighted by Gasteiger charge is 2.56. The largest absolute Gasteiger partial charge is 0.259 e. The van der Waals surface area contributed by atoms with Crippen LogP contribution in [-0.4, -0.2) is 10.7 Å². The Labute approximate surface area is 52.7 Å². The Kier molecular flexibility index (Phi) is 1.09. The van der Waals surface area contributed by atoms with Gasteiger partial charge in [0.1, 0.15) is 0 Å². The van der Waals surface area contributed by atoms with Crippen molar-refractivity contribution in [2.45, 2.75) is 30.4 Å². The molecule has 0 unspecified atom stereocenters. The summed E-state index contributed by atoms with van der Waals surface area (Å²) in [6, 6.07) is 0. The molecule has 1 saturated carbocycles. The van der Waals surface area contributed by atoms with E-state index in [4.69, 9.17) is 0 Å². The number of hydrogen-bond acceptors (Lipinski definition) is 1. The van der Waals surface area contributed by atoms with E-state index in [1.165, 1.54) is 0 Å². The molecular formula is C5H8F2S. The Morgan fingerprint density at radius 3 is 1.88 bits per heavy atom. The molecule has 0 aliphatic heterocycles. The summed E-state index contributed by atoms with van der Waals surface area (Å²) in [6.07, 6.45) is 1.11. The predicted octanol–water partition coefficient (Wildman–Crippen LogP) is 2.10. The summed E-state index contributed by atoms with van der Waals surface area (Å²) >= 11 is 3.80. The molecule has 0 nitrogen and oxygen atoms in total. The van der Waals surface area contributed by atoms with E-state index in [1.54, 1.807) is 0 Å². The number of halogens is 2. The van der Waals surface area contributed by atoms with Crippen LogP contribution in [-0.2, 0) is 0 Å². The van der Waals surface area contributed by atoms with Gasteiger partial charge in [-0.2, -0.15) is 12.6 Å². The van der Waals surface area contributed by atoms with Crippen molar-refractivity contribution in [3.05, 3.63) is 0 Å². The van der Waals surface area contributed by atoms with Gasteiger partial charge in [-0.25, -0.2) is 8.78 Å². The quantitative estimate of drug-likeness (QED) is 0.527. The van der Waals surface area contributed by atoms with Crippen LogP contribution in [0.3, 0.4) is 0 Å². The molecule has 0 amide bonds. The average Bonchev–Trinajstić information content (AvgIpc) is 2.16. The third-order valence-corrected chi connectivity index (χ3v) is 2.38. The molecule has 0 aromatic carbocycles. The van der Waals surface area contributed by atoms with Gasteiger partial charge >= 0.3 is 0 Å². The summed E-state index contributed by atoms with van der Waals surface area (Å²) < 4.78 is 23.5. The van der Waals surface area contributed by atoms with Crippen LogP contribution in [0.2, 0.25) is 0 Å². The lowest BCUT2D eigenvalue weighted by molar-refractivity contribution is 0.0122. The van der Waals surface area contributed by atoms with Gasteiger partial charge in [0.2, 0.25) is 0 Å². The molecule has 1 aliphatic carbocycles. The van der Waals surface area contributed by atoms with Gasteiger partial charge < -0.3 is 0 Å². The van der Waals surface area contributed by atoms with Crippen LogP contribution < -0.4 is 0 Å². The summed E-state index contributed by atoms with van der Waals surface area (Å²) in [5.41, 5.74) is 0. The highest BCUT2D eigenvalue weighted by atomic mass is 32.1. The molecule has 8 heavy (non-hydrogen) atoms. The molecule has 1 aliphatic rings. The summed E-state index contributed by atoms with van der Waals surface area (Å²) in [4.78, 5) is 0. The first kappa shape index (κ1) is 6.33. The molecule has 0 bridgehead atoms. The fourth-order valence-electron chi connectivity index (χ4n) is 0.557. The highest BCUT2D eigenvalue weighted by molar-refractivity contribution is 7.82. The summed E-state index contributed by atoms with van der Waals surface area (Å²) in [5, 5.41) is 0. The van der Waals surface area contributed by atoms with E-state index in [0.29, 0.717) is 12.8 Å². The Balaban J connectivity index is 2.58. The summed E-state index contributed by atoms with van der Waals surface area (Å²) in [6.45, 7) is 0.924. The first-order valence-electron chi connectivity index (χ1n) is 2.56. The molecule has 0 aromatic rings. The van der Waals surface area contributed by atoms with Gasteiger partial charge in [0.25, 0.3) is 5.92 Å². The Morgan fingerprint density at radius 1 is 1.50 bits per heavy atom. The van der Waals surface area contributed by atoms with Crippen molar-refractivity contribution in [3.63, 3.8) is 0 Å². The van der Waals surface area contributed by atoms with Crippen molar-refractivity contribution in [3.8, 4) is 0 Å². The van der Waals surface area contributed by atoms with Gasteiger partial charge in [-0.05, 0) is 12.8 Å². The Hall–Kier alpha value is 0.210. The molecule has 3 heteroatoms. The van der Waals surface area contributed by atoms with Gasteiger partial charge in [-0.3, -0.25) is 0 Å². The van der Waals surface area contributed by atoms with Crippen LogP contribution in [0.1, 0.15) is 19.8 Å². The number of rotatable bonds is 1. The number of alkyl halides is 2. The highest BCUT2D eigenvalue weighted by Crippen LogP contribution is 2.52. The minimum atomic E-state index is -2.59. The van der Waals surface area contributed by atoms with Crippen molar-refractivity contribution < 1.29 is 8.78 Å². The fraction of sp³-hybridized carbons (Fsp3) is 1.00. The standard InChI is InChI=1S/C5H8F2S/c1-4(6,7)5(8)2-3-5/h8H,2-3H2,1H3. The van der Waals surface area contributed by atoms with Crippen LogP contribution in [0.5, 0.6) is 0 Å². The monoisotopic (exact) mass is 138 g/mol. The number of thiol groups is 1. The minimum absolute atomic E-state index is 0.555. The van der Waals surface area contributed by atoms with Gasteiger partial charge in [0.15, 0.2) is 0 Å². The first-order valence-corrected chi connectivity index (χ1v) is 3.01.